The van der Waals surface area contributed by atoms with Crippen LogP contribution in [0.4, 0.5) is 5.69 Å². The van der Waals surface area contributed by atoms with Crippen LogP contribution < -0.4 is 5.32 Å². The third kappa shape index (κ3) is 2.87. The van der Waals surface area contributed by atoms with E-state index in [1.807, 2.05) is 24.3 Å². The highest BCUT2D eigenvalue weighted by Crippen LogP contribution is 2.45. The summed E-state index contributed by atoms with van der Waals surface area (Å²) in [6.07, 6.45) is 0. The Morgan fingerprint density at radius 2 is 1.89 bits per heavy atom. The van der Waals surface area contributed by atoms with Gasteiger partial charge < -0.3 is 15.0 Å². The van der Waals surface area contributed by atoms with Gasteiger partial charge in [-0.3, -0.25) is 4.79 Å². The lowest BCUT2D eigenvalue weighted by Crippen LogP contribution is -2.17. The molecule has 5 nitrogen and oxygen atoms in total. The molecule has 0 saturated carbocycles. The average molecular weight is 415 g/mol. The van der Waals surface area contributed by atoms with Crippen LogP contribution in [0.1, 0.15) is 33.1 Å². The van der Waals surface area contributed by atoms with Crippen molar-refractivity contribution in [1.29, 1.82) is 0 Å². The van der Waals surface area contributed by atoms with Crippen molar-refractivity contribution in [2.75, 3.05) is 12.4 Å². The Bertz CT molecular complexity index is 1120. The number of halogens is 2. The molecule has 1 aliphatic heterocycles. The molecule has 0 bridgehead atoms. The number of hydrogen-bond acceptors (Lipinski definition) is 3. The van der Waals surface area contributed by atoms with Gasteiger partial charge in [-0.1, -0.05) is 41.4 Å². The predicted molar refractivity (Wildman–Crippen MR) is 109 cm³/mol. The van der Waals surface area contributed by atoms with Crippen molar-refractivity contribution in [3.8, 4) is 11.3 Å². The van der Waals surface area contributed by atoms with Crippen molar-refractivity contribution >= 4 is 40.8 Å². The zero-order valence-electron chi connectivity index (χ0n) is 15.1. The molecule has 1 aliphatic rings. The van der Waals surface area contributed by atoms with E-state index in [1.54, 1.807) is 25.1 Å². The molecular weight excluding hydrogens is 399 g/mol. The summed E-state index contributed by atoms with van der Waals surface area (Å²) in [6, 6.07) is 12.5. The molecule has 4 rings (SSSR count). The molecule has 0 fully saturated rings. The molecule has 3 aromatic rings. The molecule has 0 aliphatic carbocycles. The summed E-state index contributed by atoms with van der Waals surface area (Å²) in [5, 5.41) is 3.79. The number of H-pyrrole nitrogens is 1. The molecule has 1 aromatic heterocycles. The summed E-state index contributed by atoms with van der Waals surface area (Å²) in [5.41, 5.74) is 4.23. The second-order valence-corrected chi connectivity index (χ2v) is 7.38. The third-order valence-electron chi connectivity index (χ3n) is 4.90. The Labute approximate surface area is 171 Å². The van der Waals surface area contributed by atoms with E-state index in [4.69, 9.17) is 27.9 Å². The lowest BCUT2D eigenvalue weighted by Gasteiger charge is -2.14. The molecule has 142 valence electrons. The van der Waals surface area contributed by atoms with E-state index in [-0.39, 0.29) is 5.91 Å². The van der Waals surface area contributed by atoms with Crippen LogP contribution in [-0.2, 0) is 9.53 Å². The van der Waals surface area contributed by atoms with Crippen LogP contribution in [0.3, 0.4) is 0 Å². The summed E-state index contributed by atoms with van der Waals surface area (Å²) >= 11 is 12.5. The van der Waals surface area contributed by atoms with E-state index in [9.17, 15) is 9.59 Å². The molecule has 0 spiro atoms. The molecular formula is C21H16Cl2N2O3. The van der Waals surface area contributed by atoms with Crippen LogP contribution >= 0.6 is 23.2 Å². The summed E-state index contributed by atoms with van der Waals surface area (Å²) in [6.45, 7) is 1.77. The van der Waals surface area contributed by atoms with Gasteiger partial charge >= 0.3 is 5.97 Å². The largest absolute Gasteiger partial charge is 0.465 e. The zero-order chi connectivity index (χ0) is 20.0. The van der Waals surface area contributed by atoms with E-state index in [0.717, 1.165) is 11.3 Å². The number of benzene rings is 2. The van der Waals surface area contributed by atoms with Gasteiger partial charge in [0.25, 0.3) is 0 Å². The predicted octanol–water partition coefficient (Wildman–Crippen LogP) is 5.17. The van der Waals surface area contributed by atoms with E-state index >= 15 is 0 Å². The second kappa shape index (κ2) is 7.00. The number of hydrogen-bond donors (Lipinski definition) is 2. The van der Waals surface area contributed by atoms with Crippen molar-refractivity contribution in [3.63, 3.8) is 0 Å². The van der Waals surface area contributed by atoms with Crippen LogP contribution in [0, 0.1) is 6.92 Å². The Kier molecular flexibility index (Phi) is 4.65. The van der Waals surface area contributed by atoms with Gasteiger partial charge in [0.15, 0.2) is 0 Å². The molecule has 7 heteroatoms. The molecule has 1 amide bonds. The van der Waals surface area contributed by atoms with E-state index in [0.29, 0.717) is 38.1 Å². The van der Waals surface area contributed by atoms with Crippen molar-refractivity contribution in [2.24, 2.45) is 0 Å². The Morgan fingerprint density at radius 1 is 1.14 bits per heavy atom. The summed E-state index contributed by atoms with van der Waals surface area (Å²) in [5.74, 6) is -1.40. The number of esters is 1. The number of para-hydroxylation sites is 1. The van der Waals surface area contributed by atoms with E-state index in [1.165, 1.54) is 7.11 Å². The van der Waals surface area contributed by atoms with Gasteiger partial charge in [0.05, 0.1) is 29.3 Å². The minimum absolute atomic E-state index is 0.211. The number of anilines is 1. The molecule has 2 N–H and O–H groups in total. The number of nitrogens with one attached hydrogen (secondary N) is 2. The van der Waals surface area contributed by atoms with E-state index in [2.05, 4.69) is 10.3 Å². The normalized spacial score (nSPS) is 15.3. The van der Waals surface area contributed by atoms with Crippen molar-refractivity contribution in [1.82, 2.24) is 4.98 Å². The number of carbonyl (C=O) groups is 2. The monoisotopic (exact) mass is 414 g/mol. The first-order chi connectivity index (χ1) is 13.4. The van der Waals surface area contributed by atoms with Gasteiger partial charge in [0.1, 0.15) is 0 Å². The highest BCUT2D eigenvalue weighted by atomic mass is 35.5. The number of carbonyl (C=O) groups excluding carboxylic acids is 2. The fourth-order valence-electron chi connectivity index (χ4n) is 3.70. The first kappa shape index (κ1) is 18.6. The zero-order valence-corrected chi connectivity index (χ0v) is 16.6. The lowest BCUT2D eigenvalue weighted by atomic mass is 9.87. The molecule has 0 saturated heterocycles. The standard InChI is InChI=1S/C21H16Cl2N2O3/c1-10-16(21(27)28-2)18(17-13-5-3-4-6-15(13)25-20(17)26)19(24-10)12-8-7-11(22)9-14(12)23/h3-9,17,24H,1-2H3,(H,25,26)/t17-/m1/s1. The average Bonchev–Trinajstić information content (AvgIpc) is 3.16. The number of ether oxygens (including phenoxy) is 1. The maximum Gasteiger partial charge on any atom is 0.340 e. The fourth-order valence-corrected chi connectivity index (χ4v) is 4.20. The lowest BCUT2D eigenvalue weighted by molar-refractivity contribution is -0.116. The smallest absolute Gasteiger partial charge is 0.340 e. The Hall–Kier alpha value is -2.76. The minimum atomic E-state index is -0.669. The first-order valence-electron chi connectivity index (χ1n) is 8.58. The van der Waals surface area contributed by atoms with Crippen molar-refractivity contribution < 1.29 is 14.3 Å². The number of rotatable bonds is 3. The van der Waals surface area contributed by atoms with Crippen LogP contribution in [0.5, 0.6) is 0 Å². The van der Waals surface area contributed by atoms with Crippen molar-refractivity contribution in [2.45, 2.75) is 12.8 Å². The molecule has 0 radical (unpaired) electrons. The van der Waals surface area contributed by atoms with Crippen LogP contribution in [-0.4, -0.2) is 24.0 Å². The van der Waals surface area contributed by atoms with Gasteiger partial charge in [0.2, 0.25) is 5.91 Å². The highest BCUT2D eigenvalue weighted by molar-refractivity contribution is 6.36. The van der Waals surface area contributed by atoms with Gasteiger partial charge in [-0.05, 0) is 36.8 Å². The quantitative estimate of drug-likeness (QED) is 0.580. The van der Waals surface area contributed by atoms with Gasteiger partial charge in [-0.2, -0.15) is 0 Å². The number of aromatic amines is 1. The van der Waals surface area contributed by atoms with E-state index < -0.39 is 11.9 Å². The second-order valence-electron chi connectivity index (χ2n) is 6.54. The summed E-state index contributed by atoms with van der Waals surface area (Å²) < 4.78 is 4.99. The Morgan fingerprint density at radius 3 is 2.61 bits per heavy atom. The molecule has 2 aromatic carbocycles. The summed E-state index contributed by atoms with van der Waals surface area (Å²) in [4.78, 5) is 28.7. The maximum absolute atomic E-state index is 12.9. The molecule has 0 unspecified atom stereocenters. The number of fused-ring (bicyclic) bond motifs is 1. The van der Waals surface area contributed by atoms with Crippen molar-refractivity contribution in [3.05, 3.63) is 74.9 Å². The maximum atomic E-state index is 12.9. The van der Waals surface area contributed by atoms with Gasteiger partial charge in [-0.25, -0.2) is 4.79 Å². The Balaban J connectivity index is 2.02. The summed E-state index contributed by atoms with van der Waals surface area (Å²) in [7, 11) is 1.32. The third-order valence-corrected chi connectivity index (χ3v) is 5.44. The molecule has 1 atom stereocenters. The number of aryl methyl sites for hydroxylation is 1. The minimum Gasteiger partial charge on any atom is -0.465 e. The number of methoxy groups -OCH3 is 1. The SMILES string of the molecule is COC(=O)c1c(C)[nH]c(-c2ccc(Cl)cc2Cl)c1[C@@H]1C(=O)Nc2ccccc21. The fraction of sp³-hybridized carbons (Fsp3) is 0.143. The number of amides is 1. The van der Waals surface area contributed by atoms with Gasteiger partial charge in [-0.15, -0.1) is 0 Å². The van der Waals surface area contributed by atoms with Crippen LogP contribution in [0.15, 0.2) is 42.5 Å². The number of aromatic nitrogens is 1. The van der Waals surface area contributed by atoms with Crippen LogP contribution in [0.2, 0.25) is 10.0 Å². The first-order valence-corrected chi connectivity index (χ1v) is 9.34. The molecule has 2 heterocycles. The highest BCUT2D eigenvalue weighted by Gasteiger charge is 2.38. The van der Waals surface area contributed by atoms with Crippen LogP contribution in [0.25, 0.3) is 11.3 Å². The molecule has 28 heavy (non-hydrogen) atoms. The topological polar surface area (TPSA) is 71.2 Å². The van der Waals surface area contributed by atoms with Gasteiger partial charge in [0, 0.05) is 27.5 Å².